The van der Waals surface area contributed by atoms with Gasteiger partial charge in [-0.3, -0.25) is 4.90 Å². The fourth-order valence-electron chi connectivity index (χ4n) is 3.87. The van der Waals surface area contributed by atoms with Crippen molar-refractivity contribution in [3.8, 4) is 16.9 Å². The number of rotatable bonds is 7. The van der Waals surface area contributed by atoms with E-state index in [1.165, 1.54) is 0 Å². The standard InChI is InChI=1S/C25H28N2O4/c1-26-10-12-27(13-11-26)16-23(28)17-31-24-9-8-21-14-20(6-7-22(21)15-24)18-2-4-19(5-3-18)25(29)30/h2-9,14-15,23,28H,10-13,16-17H2,1H3,(H,29,30). The Bertz CT molecular complexity index is 1040. The molecule has 0 bridgehead atoms. The molecule has 3 aromatic carbocycles. The Morgan fingerprint density at radius 2 is 1.58 bits per heavy atom. The predicted octanol–water partition coefficient (Wildman–Crippen LogP) is 3.19. The normalized spacial score (nSPS) is 16.3. The Hall–Kier alpha value is -2.93. The molecule has 1 heterocycles. The van der Waals surface area contributed by atoms with E-state index in [4.69, 9.17) is 9.84 Å². The second kappa shape index (κ2) is 9.47. The monoisotopic (exact) mass is 420 g/mol. The lowest BCUT2D eigenvalue weighted by Gasteiger charge is -2.33. The first-order valence-corrected chi connectivity index (χ1v) is 10.6. The molecule has 1 atom stereocenters. The Labute approximate surface area is 182 Å². The van der Waals surface area contributed by atoms with Gasteiger partial charge in [0.2, 0.25) is 0 Å². The molecule has 0 spiro atoms. The van der Waals surface area contributed by atoms with Crippen molar-refractivity contribution >= 4 is 16.7 Å². The average molecular weight is 421 g/mol. The van der Waals surface area contributed by atoms with Crippen LogP contribution < -0.4 is 4.74 Å². The van der Waals surface area contributed by atoms with E-state index in [0.717, 1.165) is 53.8 Å². The molecule has 6 nitrogen and oxygen atoms in total. The lowest BCUT2D eigenvalue weighted by Crippen LogP contribution is -2.47. The molecular weight excluding hydrogens is 392 g/mol. The van der Waals surface area contributed by atoms with Gasteiger partial charge < -0.3 is 19.8 Å². The summed E-state index contributed by atoms with van der Waals surface area (Å²) in [6.45, 7) is 4.92. The summed E-state index contributed by atoms with van der Waals surface area (Å²) in [5.74, 6) is -0.185. The van der Waals surface area contributed by atoms with Gasteiger partial charge in [-0.1, -0.05) is 30.3 Å². The van der Waals surface area contributed by atoms with E-state index >= 15 is 0 Å². The number of nitrogens with zero attached hydrogens (tertiary/aromatic N) is 2. The number of β-amino-alcohol motifs (C(OH)–C–C–N with tert-alkyl or cyclic N) is 1. The van der Waals surface area contributed by atoms with Gasteiger partial charge in [-0.2, -0.15) is 0 Å². The number of hydrogen-bond donors (Lipinski definition) is 2. The Morgan fingerprint density at radius 3 is 2.29 bits per heavy atom. The lowest BCUT2D eigenvalue weighted by molar-refractivity contribution is 0.0505. The first kappa shape index (κ1) is 21.3. The Kier molecular flexibility index (Phi) is 6.51. The minimum atomic E-state index is -0.925. The molecule has 1 aliphatic rings. The number of likely N-dealkylation sites (N-methyl/N-ethyl adjacent to an activating group) is 1. The fourth-order valence-corrected chi connectivity index (χ4v) is 3.87. The summed E-state index contributed by atoms with van der Waals surface area (Å²) in [7, 11) is 2.12. The molecule has 0 aromatic heterocycles. The first-order valence-electron chi connectivity index (χ1n) is 10.6. The fraction of sp³-hybridized carbons (Fsp3) is 0.320. The smallest absolute Gasteiger partial charge is 0.335 e. The number of carboxylic acid groups (broad SMARTS) is 1. The van der Waals surface area contributed by atoms with Crippen molar-refractivity contribution in [2.75, 3.05) is 46.4 Å². The van der Waals surface area contributed by atoms with Crippen LogP contribution in [-0.2, 0) is 0 Å². The third-order valence-electron chi connectivity index (χ3n) is 5.78. The molecule has 3 aromatic rings. The molecule has 0 amide bonds. The molecule has 1 fully saturated rings. The van der Waals surface area contributed by atoms with E-state index in [-0.39, 0.29) is 12.2 Å². The molecule has 1 aliphatic heterocycles. The number of benzene rings is 3. The van der Waals surface area contributed by atoms with Crippen molar-refractivity contribution in [1.82, 2.24) is 9.80 Å². The maximum Gasteiger partial charge on any atom is 0.335 e. The number of carboxylic acids is 1. The average Bonchev–Trinajstić information content (AvgIpc) is 2.79. The predicted molar refractivity (Wildman–Crippen MR) is 122 cm³/mol. The van der Waals surface area contributed by atoms with Crippen molar-refractivity contribution in [1.29, 1.82) is 0 Å². The van der Waals surface area contributed by atoms with Crippen LogP contribution in [0.5, 0.6) is 5.75 Å². The summed E-state index contributed by atoms with van der Waals surface area (Å²) in [6.07, 6.45) is -0.518. The largest absolute Gasteiger partial charge is 0.491 e. The lowest BCUT2D eigenvalue weighted by atomic mass is 10.00. The van der Waals surface area contributed by atoms with E-state index in [0.29, 0.717) is 6.54 Å². The Balaban J connectivity index is 1.38. The highest BCUT2D eigenvalue weighted by Crippen LogP contribution is 2.27. The van der Waals surface area contributed by atoms with Gasteiger partial charge in [0, 0.05) is 32.7 Å². The quantitative estimate of drug-likeness (QED) is 0.612. The first-order chi connectivity index (χ1) is 15.0. The minimum absolute atomic E-state index is 0.270. The summed E-state index contributed by atoms with van der Waals surface area (Å²) in [5.41, 5.74) is 2.28. The molecule has 0 radical (unpaired) electrons. The van der Waals surface area contributed by atoms with Gasteiger partial charge in [0.1, 0.15) is 18.5 Å². The van der Waals surface area contributed by atoms with Crippen LogP contribution >= 0.6 is 0 Å². The van der Waals surface area contributed by atoms with E-state index in [9.17, 15) is 9.90 Å². The molecule has 0 aliphatic carbocycles. The second-order valence-electron chi connectivity index (χ2n) is 8.17. The van der Waals surface area contributed by atoms with E-state index in [1.54, 1.807) is 12.1 Å². The summed E-state index contributed by atoms with van der Waals surface area (Å²) < 4.78 is 5.85. The van der Waals surface area contributed by atoms with E-state index < -0.39 is 12.1 Å². The number of aliphatic hydroxyl groups is 1. The van der Waals surface area contributed by atoms with Crippen LogP contribution in [0.3, 0.4) is 0 Å². The van der Waals surface area contributed by atoms with Crippen LogP contribution in [0, 0.1) is 0 Å². The SMILES string of the molecule is CN1CCN(CC(O)COc2ccc3cc(-c4ccc(C(=O)O)cc4)ccc3c2)CC1. The number of piperazine rings is 1. The number of aromatic carboxylic acids is 1. The van der Waals surface area contributed by atoms with E-state index in [1.807, 2.05) is 42.5 Å². The van der Waals surface area contributed by atoms with Crippen molar-refractivity contribution in [2.24, 2.45) is 0 Å². The molecule has 0 saturated carbocycles. The van der Waals surface area contributed by atoms with Crippen LogP contribution in [0.25, 0.3) is 21.9 Å². The summed E-state index contributed by atoms with van der Waals surface area (Å²) >= 11 is 0. The maximum absolute atomic E-state index is 11.0. The van der Waals surface area contributed by atoms with Crippen LogP contribution in [0.15, 0.2) is 60.7 Å². The molecule has 6 heteroatoms. The van der Waals surface area contributed by atoms with Gasteiger partial charge in [0.25, 0.3) is 0 Å². The van der Waals surface area contributed by atoms with Crippen LogP contribution in [0.4, 0.5) is 0 Å². The van der Waals surface area contributed by atoms with E-state index in [2.05, 4.69) is 22.9 Å². The van der Waals surface area contributed by atoms with Gasteiger partial charge in [-0.25, -0.2) is 4.79 Å². The number of carbonyl (C=O) groups is 1. The third-order valence-corrected chi connectivity index (χ3v) is 5.78. The zero-order valence-corrected chi connectivity index (χ0v) is 17.7. The van der Waals surface area contributed by atoms with Crippen LogP contribution in [-0.4, -0.2) is 78.5 Å². The summed E-state index contributed by atoms with van der Waals surface area (Å²) in [5, 5.41) is 21.5. The number of hydrogen-bond acceptors (Lipinski definition) is 5. The molecule has 1 unspecified atom stereocenters. The molecule has 2 N–H and O–H groups in total. The van der Waals surface area contributed by atoms with Gasteiger partial charge in [-0.05, 0) is 59.3 Å². The highest BCUT2D eigenvalue weighted by molar-refractivity contribution is 5.90. The molecule has 31 heavy (non-hydrogen) atoms. The summed E-state index contributed by atoms with van der Waals surface area (Å²) in [6, 6.07) is 18.9. The topological polar surface area (TPSA) is 73.2 Å². The molecule has 1 saturated heterocycles. The third kappa shape index (κ3) is 5.41. The van der Waals surface area contributed by atoms with Gasteiger partial charge in [0.05, 0.1) is 5.56 Å². The maximum atomic E-state index is 11.0. The Morgan fingerprint density at radius 1 is 0.935 bits per heavy atom. The van der Waals surface area contributed by atoms with Crippen LogP contribution in [0.2, 0.25) is 0 Å². The summed E-state index contributed by atoms with van der Waals surface area (Å²) in [4.78, 5) is 15.6. The van der Waals surface area contributed by atoms with Gasteiger partial charge >= 0.3 is 5.97 Å². The highest BCUT2D eigenvalue weighted by Gasteiger charge is 2.17. The number of fused-ring (bicyclic) bond motifs is 1. The van der Waals surface area contributed by atoms with Gasteiger partial charge in [0.15, 0.2) is 0 Å². The molecular formula is C25H28N2O4. The van der Waals surface area contributed by atoms with Crippen LogP contribution in [0.1, 0.15) is 10.4 Å². The van der Waals surface area contributed by atoms with Crippen molar-refractivity contribution < 1.29 is 19.7 Å². The van der Waals surface area contributed by atoms with Gasteiger partial charge in [-0.15, -0.1) is 0 Å². The second-order valence-corrected chi connectivity index (χ2v) is 8.17. The number of aliphatic hydroxyl groups excluding tert-OH is 1. The number of ether oxygens (including phenoxy) is 1. The molecule has 162 valence electrons. The highest BCUT2D eigenvalue weighted by atomic mass is 16.5. The van der Waals surface area contributed by atoms with Crippen molar-refractivity contribution in [2.45, 2.75) is 6.10 Å². The van der Waals surface area contributed by atoms with Crippen molar-refractivity contribution in [3.63, 3.8) is 0 Å². The zero-order chi connectivity index (χ0) is 21.8. The minimum Gasteiger partial charge on any atom is -0.491 e. The zero-order valence-electron chi connectivity index (χ0n) is 17.7. The van der Waals surface area contributed by atoms with Crippen molar-refractivity contribution in [3.05, 3.63) is 66.2 Å². The molecule has 4 rings (SSSR count).